The van der Waals surface area contributed by atoms with Crippen LogP contribution in [0.4, 0.5) is 0 Å². The number of rotatable bonds is 5. The third-order valence-corrected chi connectivity index (χ3v) is 12.0. The molecule has 0 nitrogen and oxygen atoms in total. The normalized spacial score (nSPS) is 14.6. The second kappa shape index (κ2) is 12.2. The molecule has 0 bridgehead atoms. The van der Waals surface area contributed by atoms with Gasteiger partial charge < -0.3 is 0 Å². The van der Waals surface area contributed by atoms with Crippen LogP contribution >= 0.6 is 0 Å². The molecule has 252 valence electrons. The molecule has 9 aromatic rings. The SMILES string of the molecule is c1ccc(-c2ccc3c(c2)[C@@H](c2ccccc2)c2c4c(c5ccccc5c2-3)-c2ccc(-c3ccccc3)cc2C4(c2ccccc2)c2ccccc2)cc1. The van der Waals surface area contributed by atoms with Crippen LogP contribution in [0.15, 0.2) is 212 Å². The van der Waals surface area contributed by atoms with E-state index < -0.39 is 5.41 Å². The average Bonchev–Trinajstić information content (AvgIpc) is 3.76. The first-order valence-electron chi connectivity index (χ1n) is 19.0. The predicted octanol–water partition coefficient (Wildman–Crippen LogP) is 13.7. The highest BCUT2D eigenvalue weighted by Gasteiger charge is 2.51. The summed E-state index contributed by atoms with van der Waals surface area (Å²) < 4.78 is 0. The Kier molecular flexibility index (Phi) is 6.94. The first kappa shape index (κ1) is 30.8. The molecule has 0 N–H and O–H groups in total. The van der Waals surface area contributed by atoms with Gasteiger partial charge in [-0.3, -0.25) is 0 Å². The van der Waals surface area contributed by atoms with Gasteiger partial charge in [0.2, 0.25) is 0 Å². The van der Waals surface area contributed by atoms with Crippen LogP contribution in [0.25, 0.3) is 55.3 Å². The molecule has 2 aliphatic carbocycles. The summed E-state index contributed by atoms with van der Waals surface area (Å²) in [7, 11) is 0. The van der Waals surface area contributed by atoms with E-state index >= 15 is 0 Å². The maximum absolute atomic E-state index is 2.50. The van der Waals surface area contributed by atoms with Crippen molar-refractivity contribution in [3.05, 3.63) is 251 Å². The summed E-state index contributed by atoms with van der Waals surface area (Å²) in [6.45, 7) is 0. The Labute approximate surface area is 316 Å². The topological polar surface area (TPSA) is 0 Å². The lowest BCUT2D eigenvalue weighted by Gasteiger charge is -2.36. The van der Waals surface area contributed by atoms with Gasteiger partial charge in [-0.1, -0.05) is 200 Å². The Morgan fingerprint density at radius 3 is 1.39 bits per heavy atom. The second-order valence-electron chi connectivity index (χ2n) is 14.7. The molecule has 2 aliphatic rings. The van der Waals surface area contributed by atoms with E-state index in [9.17, 15) is 0 Å². The first-order chi connectivity index (χ1) is 26.8. The van der Waals surface area contributed by atoms with Gasteiger partial charge in [0, 0.05) is 5.92 Å². The van der Waals surface area contributed by atoms with Crippen molar-refractivity contribution in [1.29, 1.82) is 0 Å². The van der Waals surface area contributed by atoms with Crippen LogP contribution in [0.1, 0.15) is 44.9 Å². The Balaban J connectivity index is 1.34. The van der Waals surface area contributed by atoms with E-state index in [-0.39, 0.29) is 5.92 Å². The predicted molar refractivity (Wildman–Crippen MR) is 225 cm³/mol. The van der Waals surface area contributed by atoms with Gasteiger partial charge in [-0.05, 0) is 106 Å². The van der Waals surface area contributed by atoms with Gasteiger partial charge in [-0.15, -0.1) is 0 Å². The Morgan fingerprint density at radius 1 is 0.352 bits per heavy atom. The van der Waals surface area contributed by atoms with Crippen molar-refractivity contribution in [2.45, 2.75) is 11.3 Å². The highest BCUT2D eigenvalue weighted by molar-refractivity contribution is 6.14. The summed E-state index contributed by atoms with van der Waals surface area (Å²) >= 11 is 0. The Hall–Kier alpha value is -6.76. The maximum Gasteiger partial charge on any atom is 0.0717 e. The Morgan fingerprint density at radius 2 is 0.815 bits per heavy atom. The molecule has 0 unspecified atom stereocenters. The lowest BCUT2D eigenvalue weighted by atomic mass is 9.64. The van der Waals surface area contributed by atoms with Gasteiger partial charge >= 0.3 is 0 Å². The summed E-state index contributed by atoms with van der Waals surface area (Å²) in [5, 5.41) is 2.62. The number of fused-ring (bicyclic) bond motifs is 10. The minimum atomic E-state index is -0.580. The molecule has 0 fully saturated rings. The van der Waals surface area contributed by atoms with Gasteiger partial charge in [-0.2, -0.15) is 0 Å². The van der Waals surface area contributed by atoms with Gasteiger partial charge in [-0.25, -0.2) is 0 Å². The third-order valence-electron chi connectivity index (χ3n) is 12.0. The molecule has 54 heavy (non-hydrogen) atoms. The summed E-state index contributed by atoms with van der Waals surface area (Å²) in [4.78, 5) is 0. The molecule has 11 rings (SSSR count). The van der Waals surface area contributed by atoms with Gasteiger partial charge in [0.1, 0.15) is 0 Å². The zero-order valence-electron chi connectivity index (χ0n) is 29.8. The van der Waals surface area contributed by atoms with Crippen LogP contribution in [-0.4, -0.2) is 0 Å². The highest BCUT2D eigenvalue weighted by atomic mass is 14.5. The number of benzene rings is 9. The molecule has 0 aliphatic heterocycles. The summed E-state index contributed by atoms with van der Waals surface area (Å²) in [6, 6.07) is 79.1. The van der Waals surface area contributed by atoms with Crippen LogP contribution in [0.2, 0.25) is 0 Å². The van der Waals surface area contributed by atoms with Crippen LogP contribution in [0.5, 0.6) is 0 Å². The lowest BCUT2D eigenvalue weighted by Crippen LogP contribution is -2.30. The molecule has 0 heteroatoms. The van der Waals surface area contributed by atoms with Crippen LogP contribution < -0.4 is 0 Å². The van der Waals surface area contributed by atoms with E-state index in [4.69, 9.17) is 0 Å². The third kappa shape index (κ3) is 4.38. The minimum Gasteiger partial charge on any atom is -0.0622 e. The molecule has 0 spiro atoms. The van der Waals surface area contributed by atoms with Crippen molar-refractivity contribution in [3.8, 4) is 44.5 Å². The highest BCUT2D eigenvalue weighted by Crippen LogP contribution is 2.65. The van der Waals surface area contributed by atoms with E-state index in [1.165, 1.54) is 94.2 Å². The summed E-state index contributed by atoms with van der Waals surface area (Å²) in [6.07, 6.45) is 0. The van der Waals surface area contributed by atoms with Gasteiger partial charge in [0.05, 0.1) is 5.41 Å². The average molecular weight is 685 g/mol. The molecule has 0 heterocycles. The largest absolute Gasteiger partial charge is 0.0717 e. The van der Waals surface area contributed by atoms with Crippen molar-refractivity contribution in [2.24, 2.45) is 0 Å². The van der Waals surface area contributed by atoms with Crippen LogP contribution in [0, 0.1) is 0 Å². The molecule has 0 saturated heterocycles. The van der Waals surface area contributed by atoms with Crippen molar-refractivity contribution in [2.75, 3.05) is 0 Å². The molecule has 9 aromatic carbocycles. The van der Waals surface area contributed by atoms with Crippen LogP contribution in [-0.2, 0) is 5.41 Å². The lowest BCUT2D eigenvalue weighted by molar-refractivity contribution is 0.753. The molecule has 0 aromatic heterocycles. The van der Waals surface area contributed by atoms with E-state index in [0.717, 1.165) is 0 Å². The van der Waals surface area contributed by atoms with E-state index in [0.29, 0.717) is 0 Å². The molecule has 0 radical (unpaired) electrons. The molecule has 0 amide bonds. The van der Waals surface area contributed by atoms with Crippen molar-refractivity contribution < 1.29 is 0 Å². The van der Waals surface area contributed by atoms with E-state index in [1.54, 1.807) is 0 Å². The fourth-order valence-corrected chi connectivity index (χ4v) is 9.85. The monoisotopic (exact) mass is 684 g/mol. The van der Waals surface area contributed by atoms with Crippen molar-refractivity contribution in [3.63, 3.8) is 0 Å². The zero-order chi connectivity index (χ0) is 35.6. The fourth-order valence-electron chi connectivity index (χ4n) is 9.85. The molecular weight excluding hydrogens is 649 g/mol. The number of hydrogen-bond donors (Lipinski definition) is 0. The molecular formula is C54H36. The quantitative estimate of drug-likeness (QED) is 0.169. The molecule has 0 saturated carbocycles. The summed E-state index contributed by atoms with van der Waals surface area (Å²) in [5.74, 6) is 0.0351. The van der Waals surface area contributed by atoms with Gasteiger partial charge in [0.15, 0.2) is 0 Å². The van der Waals surface area contributed by atoms with Crippen molar-refractivity contribution >= 4 is 10.8 Å². The zero-order valence-corrected chi connectivity index (χ0v) is 29.8. The van der Waals surface area contributed by atoms with Crippen LogP contribution in [0.3, 0.4) is 0 Å². The smallest absolute Gasteiger partial charge is 0.0622 e. The summed E-state index contributed by atoms with van der Waals surface area (Å²) in [5.41, 5.74) is 19.1. The van der Waals surface area contributed by atoms with Crippen molar-refractivity contribution in [1.82, 2.24) is 0 Å². The van der Waals surface area contributed by atoms with E-state index in [2.05, 4.69) is 212 Å². The maximum atomic E-state index is 2.50. The Bertz CT molecular complexity index is 2800. The standard InChI is InChI=1S/C54H36/c1-6-18-36(19-7-1)39-30-32-45-47(34-39)49(38-22-10-3-11-23-38)52-50(45)43-28-16-17-29-44(43)51-46-33-31-40(37-20-8-2-9-21-37)35-48(46)54(53(51)52,41-24-12-4-13-25-41)42-26-14-5-15-27-42/h1-35,49H/t49-/m1/s1. The first-order valence-corrected chi connectivity index (χ1v) is 19.0. The van der Waals surface area contributed by atoms with Gasteiger partial charge in [0.25, 0.3) is 0 Å². The van der Waals surface area contributed by atoms with E-state index in [1.807, 2.05) is 0 Å². The fraction of sp³-hybridized carbons (Fsp3) is 0.0370. The number of hydrogen-bond acceptors (Lipinski definition) is 0. The minimum absolute atomic E-state index is 0.0351. The molecule has 1 atom stereocenters. The second-order valence-corrected chi connectivity index (χ2v) is 14.7.